The third-order valence-electron chi connectivity index (χ3n) is 3.01. The van der Waals surface area contributed by atoms with E-state index in [0.717, 1.165) is 23.3 Å². The number of carbonyl (C=O) groups is 1. The van der Waals surface area contributed by atoms with Crippen molar-refractivity contribution < 1.29 is 9.21 Å². The van der Waals surface area contributed by atoms with E-state index in [1.165, 1.54) is 11.1 Å². The van der Waals surface area contributed by atoms with Gasteiger partial charge in [0.05, 0.1) is 11.8 Å². The lowest BCUT2D eigenvalue weighted by atomic mass is 9.99. The van der Waals surface area contributed by atoms with Gasteiger partial charge in [0, 0.05) is 12.8 Å². The van der Waals surface area contributed by atoms with Gasteiger partial charge in [0.1, 0.15) is 5.76 Å². The zero-order chi connectivity index (χ0) is 13.1. The summed E-state index contributed by atoms with van der Waals surface area (Å²) in [5.41, 5.74) is 4.18. The number of Topliss-reactive ketones (excluding diaryl/α,β-unsaturated/α-hetero) is 1. The number of carbonyl (C=O) groups excluding carboxylic acids is 1. The van der Waals surface area contributed by atoms with Gasteiger partial charge >= 0.3 is 0 Å². The Hall–Kier alpha value is -1.83. The third kappa shape index (κ3) is 2.70. The van der Waals surface area contributed by atoms with Gasteiger partial charge < -0.3 is 4.42 Å². The molecule has 0 aliphatic carbocycles. The molecule has 94 valence electrons. The fourth-order valence-corrected chi connectivity index (χ4v) is 2.31. The first-order valence-electron chi connectivity index (χ1n) is 6.27. The second-order valence-corrected chi connectivity index (χ2v) is 4.71. The summed E-state index contributed by atoms with van der Waals surface area (Å²) in [5.74, 6) is 0.912. The van der Waals surface area contributed by atoms with Crippen molar-refractivity contribution in [3.05, 3.63) is 58.5 Å². The van der Waals surface area contributed by atoms with E-state index in [4.69, 9.17) is 4.42 Å². The molecule has 1 heterocycles. The Morgan fingerprint density at radius 1 is 1.17 bits per heavy atom. The molecule has 2 aromatic rings. The Morgan fingerprint density at radius 2 is 1.83 bits per heavy atom. The van der Waals surface area contributed by atoms with Crippen LogP contribution in [0.3, 0.4) is 0 Å². The molecule has 0 atom stereocenters. The standard InChI is InChI=1S/C16H18O2/c1-4-16-14(5-6-18-16)15(17)10-13-8-11(2)7-12(3)9-13/h5-9H,4,10H2,1-3H3. The number of aryl methyl sites for hydroxylation is 3. The van der Waals surface area contributed by atoms with Crippen molar-refractivity contribution in [3.8, 4) is 0 Å². The Morgan fingerprint density at radius 3 is 2.44 bits per heavy atom. The lowest BCUT2D eigenvalue weighted by Crippen LogP contribution is -2.05. The minimum absolute atomic E-state index is 0.130. The predicted octanol–water partition coefficient (Wildman–Crippen LogP) is 3.88. The third-order valence-corrected chi connectivity index (χ3v) is 3.01. The SMILES string of the molecule is CCc1occc1C(=O)Cc1cc(C)cc(C)c1. The molecule has 0 N–H and O–H groups in total. The van der Waals surface area contributed by atoms with Gasteiger partial charge in [0.25, 0.3) is 0 Å². The summed E-state index contributed by atoms with van der Waals surface area (Å²) >= 11 is 0. The Balaban J connectivity index is 2.21. The van der Waals surface area contributed by atoms with E-state index < -0.39 is 0 Å². The van der Waals surface area contributed by atoms with E-state index in [9.17, 15) is 4.79 Å². The summed E-state index contributed by atoms with van der Waals surface area (Å²) < 4.78 is 5.30. The molecule has 2 heteroatoms. The normalized spacial score (nSPS) is 10.6. The molecule has 0 radical (unpaired) electrons. The monoisotopic (exact) mass is 242 g/mol. The molecule has 0 amide bonds. The molecule has 18 heavy (non-hydrogen) atoms. The fourth-order valence-electron chi connectivity index (χ4n) is 2.31. The van der Waals surface area contributed by atoms with Gasteiger partial charge in [-0.25, -0.2) is 0 Å². The van der Waals surface area contributed by atoms with Crippen molar-refractivity contribution in [3.63, 3.8) is 0 Å². The zero-order valence-electron chi connectivity index (χ0n) is 11.1. The van der Waals surface area contributed by atoms with Crippen LogP contribution in [0, 0.1) is 13.8 Å². The lowest BCUT2D eigenvalue weighted by molar-refractivity contribution is 0.0991. The van der Waals surface area contributed by atoms with E-state index in [2.05, 4.69) is 32.0 Å². The van der Waals surface area contributed by atoms with Crippen LogP contribution in [0.2, 0.25) is 0 Å². The number of ketones is 1. The summed E-state index contributed by atoms with van der Waals surface area (Å²) in [4.78, 5) is 12.2. The molecule has 0 saturated heterocycles. The number of hydrogen-bond donors (Lipinski definition) is 0. The Kier molecular flexibility index (Phi) is 3.66. The van der Waals surface area contributed by atoms with Crippen LogP contribution in [-0.4, -0.2) is 5.78 Å². The highest BCUT2D eigenvalue weighted by atomic mass is 16.3. The molecule has 2 rings (SSSR count). The van der Waals surface area contributed by atoms with Crippen LogP contribution in [0.1, 0.15) is 39.7 Å². The van der Waals surface area contributed by atoms with Crippen molar-refractivity contribution >= 4 is 5.78 Å². The van der Waals surface area contributed by atoms with Crippen LogP contribution in [0.4, 0.5) is 0 Å². The smallest absolute Gasteiger partial charge is 0.170 e. The van der Waals surface area contributed by atoms with E-state index in [1.807, 2.05) is 6.92 Å². The summed E-state index contributed by atoms with van der Waals surface area (Å²) in [6, 6.07) is 8.01. The van der Waals surface area contributed by atoms with Gasteiger partial charge in [-0.3, -0.25) is 4.79 Å². The van der Waals surface area contributed by atoms with E-state index in [1.54, 1.807) is 12.3 Å². The molecule has 1 aromatic carbocycles. The highest BCUT2D eigenvalue weighted by Gasteiger charge is 2.13. The first kappa shape index (κ1) is 12.6. The maximum atomic E-state index is 12.2. The van der Waals surface area contributed by atoms with Gasteiger partial charge in [-0.2, -0.15) is 0 Å². The molecular formula is C16H18O2. The van der Waals surface area contributed by atoms with Crippen LogP contribution < -0.4 is 0 Å². The van der Waals surface area contributed by atoms with Crippen LogP contribution >= 0.6 is 0 Å². The molecule has 1 aromatic heterocycles. The average molecular weight is 242 g/mol. The van der Waals surface area contributed by atoms with E-state index in [-0.39, 0.29) is 5.78 Å². The van der Waals surface area contributed by atoms with Gasteiger partial charge in [0.15, 0.2) is 5.78 Å². The van der Waals surface area contributed by atoms with Gasteiger partial charge in [-0.05, 0) is 25.5 Å². The van der Waals surface area contributed by atoms with Crippen molar-refractivity contribution in [2.45, 2.75) is 33.6 Å². The first-order valence-corrected chi connectivity index (χ1v) is 6.27. The van der Waals surface area contributed by atoms with Crippen LogP contribution in [0.15, 0.2) is 34.9 Å². The minimum Gasteiger partial charge on any atom is -0.469 e. The summed E-state index contributed by atoms with van der Waals surface area (Å²) in [6.07, 6.45) is 2.78. The number of benzene rings is 1. The van der Waals surface area contributed by atoms with Crippen LogP contribution in [0.5, 0.6) is 0 Å². The largest absolute Gasteiger partial charge is 0.469 e. The highest BCUT2D eigenvalue weighted by Crippen LogP contribution is 2.16. The second-order valence-electron chi connectivity index (χ2n) is 4.71. The van der Waals surface area contributed by atoms with Crippen LogP contribution in [-0.2, 0) is 12.8 Å². The minimum atomic E-state index is 0.130. The second kappa shape index (κ2) is 5.21. The molecule has 0 aliphatic heterocycles. The van der Waals surface area contributed by atoms with Gasteiger partial charge in [-0.1, -0.05) is 36.2 Å². The predicted molar refractivity (Wildman–Crippen MR) is 72.0 cm³/mol. The van der Waals surface area contributed by atoms with Crippen molar-refractivity contribution in [2.24, 2.45) is 0 Å². The molecular weight excluding hydrogens is 224 g/mol. The maximum absolute atomic E-state index is 12.2. The zero-order valence-corrected chi connectivity index (χ0v) is 11.1. The van der Waals surface area contributed by atoms with Crippen LogP contribution in [0.25, 0.3) is 0 Å². The van der Waals surface area contributed by atoms with E-state index >= 15 is 0 Å². The summed E-state index contributed by atoms with van der Waals surface area (Å²) in [7, 11) is 0. The Bertz CT molecular complexity index is 544. The summed E-state index contributed by atoms with van der Waals surface area (Å²) in [5, 5.41) is 0. The van der Waals surface area contributed by atoms with E-state index in [0.29, 0.717) is 6.42 Å². The number of hydrogen-bond acceptors (Lipinski definition) is 2. The first-order chi connectivity index (χ1) is 8.60. The molecule has 0 saturated carbocycles. The maximum Gasteiger partial charge on any atom is 0.170 e. The quantitative estimate of drug-likeness (QED) is 0.761. The number of furan rings is 1. The summed E-state index contributed by atoms with van der Waals surface area (Å²) in [6.45, 7) is 6.10. The average Bonchev–Trinajstić information content (AvgIpc) is 2.75. The molecule has 0 spiro atoms. The highest BCUT2D eigenvalue weighted by molar-refractivity contribution is 5.98. The number of rotatable bonds is 4. The molecule has 0 bridgehead atoms. The Labute approximate surface area is 108 Å². The molecule has 0 unspecified atom stereocenters. The van der Waals surface area contributed by atoms with Crippen molar-refractivity contribution in [1.82, 2.24) is 0 Å². The molecule has 0 fully saturated rings. The molecule has 2 nitrogen and oxygen atoms in total. The van der Waals surface area contributed by atoms with Crippen molar-refractivity contribution in [2.75, 3.05) is 0 Å². The lowest BCUT2D eigenvalue weighted by Gasteiger charge is -2.04. The topological polar surface area (TPSA) is 30.2 Å². The fraction of sp³-hybridized carbons (Fsp3) is 0.312. The molecule has 0 aliphatic rings. The van der Waals surface area contributed by atoms with Crippen molar-refractivity contribution in [1.29, 1.82) is 0 Å². The van der Waals surface area contributed by atoms with Gasteiger partial charge in [-0.15, -0.1) is 0 Å². The van der Waals surface area contributed by atoms with Gasteiger partial charge in [0.2, 0.25) is 0 Å².